The number of aromatic amines is 1. The monoisotopic (exact) mass is 184 g/mol. The predicted octanol–water partition coefficient (Wildman–Crippen LogP) is 0.664. The van der Waals surface area contributed by atoms with E-state index in [-0.39, 0.29) is 0 Å². The van der Waals surface area contributed by atoms with Gasteiger partial charge in [-0.15, -0.1) is 0 Å². The van der Waals surface area contributed by atoms with Crippen molar-refractivity contribution in [2.24, 2.45) is 5.73 Å². The molecule has 0 radical (unpaired) electrons. The second-order valence-corrected chi connectivity index (χ2v) is 3.05. The molecule has 0 atom stereocenters. The number of nitrogens with zero attached hydrogens (tertiary/aromatic N) is 2. The zero-order valence-corrected chi connectivity index (χ0v) is 7.98. The van der Waals surface area contributed by atoms with Crippen molar-refractivity contribution in [3.63, 3.8) is 0 Å². The second kappa shape index (κ2) is 3.64. The van der Waals surface area contributed by atoms with Crippen molar-refractivity contribution >= 4 is 18.0 Å². The minimum absolute atomic E-state index is 0.451. The Balaban J connectivity index is 3.15. The highest BCUT2D eigenvalue weighted by atomic mass is 32.1. The molecule has 0 aliphatic carbocycles. The molecule has 0 saturated carbocycles. The van der Waals surface area contributed by atoms with E-state index in [2.05, 4.69) is 9.97 Å². The van der Waals surface area contributed by atoms with Gasteiger partial charge in [0.05, 0.1) is 0 Å². The van der Waals surface area contributed by atoms with Crippen LogP contribution in [0.1, 0.15) is 5.69 Å². The Labute approximate surface area is 76.4 Å². The quantitative estimate of drug-likeness (QED) is 0.663. The molecule has 0 bridgehead atoms. The van der Waals surface area contributed by atoms with Gasteiger partial charge in [-0.1, -0.05) is 0 Å². The highest BCUT2D eigenvalue weighted by Gasteiger charge is 1.98. The third kappa shape index (κ3) is 2.02. The van der Waals surface area contributed by atoms with E-state index in [0.29, 0.717) is 11.3 Å². The third-order valence-electron chi connectivity index (χ3n) is 1.47. The largest absolute Gasteiger partial charge is 0.363 e. The number of anilines is 1. The maximum Gasteiger partial charge on any atom is 0.198 e. The highest BCUT2D eigenvalue weighted by molar-refractivity contribution is 7.71. The fraction of sp³-hybridized carbons (Fsp3) is 0.429. The van der Waals surface area contributed by atoms with Gasteiger partial charge in [0.2, 0.25) is 0 Å². The van der Waals surface area contributed by atoms with E-state index in [0.717, 1.165) is 11.5 Å². The number of hydrogen-bond acceptors (Lipinski definition) is 4. The fourth-order valence-electron chi connectivity index (χ4n) is 0.833. The molecule has 5 heteroatoms. The van der Waals surface area contributed by atoms with Crippen LogP contribution in [0.3, 0.4) is 0 Å². The summed E-state index contributed by atoms with van der Waals surface area (Å²) in [6, 6.07) is 1.88. The van der Waals surface area contributed by atoms with Crippen molar-refractivity contribution in [1.82, 2.24) is 9.97 Å². The Kier molecular flexibility index (Phi) is 2.78. The molecule has 1 aromatic rings. The van der Waals surface area contributed by atoms with Crippen LogP contribution in [-0.2, 0) is 6.54 Å². The third-order valence-corrected chi connectivity index (χ3v) is 1.66. The topological polar surface area (TPSA) is 57.9 Å². The van der Waals surface area contributed by atoms with E-state index in [9.17, 15) is 0 Å². The lowest BCUT2D eigenvalue weighted by molar-refractivity contribution is 0.932. The van der Waals surface area contributed by atoms with Crippen molar-refractivity contribution in [3.05, 3.63) is 16.5 Å². The number of aromatic nitrogens is 2. The average Bonchev–Trinajstić information content (AvgIpc) is 2.03. The van der Waals surface area contributed by atoms with Crippen LogP contribution in [0.25, 0.3) is 0 Å². The first-order chi connectivity index (χ1) is 5.63. The van der Waals surface area contributed by atoms with Gasteiger partial charge in [-0.05, 0) is 12.2 Å². The maximum absolute atomic E-state index is 5.46. The van der Waals surface area contributed by atoms with Gasteiger partial charge in [0.25, 0.3) is 0 Å². The first kappa shape index (κ1) is 9.15. The van der Waals surface area contributed by atoms with Gasteiger partial charge in [-0.25, -0.2) is 4.98 Å². The molecule has 0 aromatic carbocycles. The van der Waals surface area contributed by atoms with E-state index in [1.54, 1.807) is 0 Å². The Hall–Kier alpha value is -0.940. The van der Waals surface area contributed by atoms with E-state index in [1.807, 2.05) is 25.1 Å². The van der Waals surface area contributed by atoms with E-state index >= 15 is 0 Å². The summed E-state index contributed by atoms with van der Waals surface area (Å²) >= 11 is 4.92. The first-order valence-electron chi connectivity index (χ1n) is 3.61. The highest BCUT2D eigenvalue weighted by Crippen LogP contribution is 2.06. The molecule has 4 nitrogen and oxygen atoms in total. The van der Waals surface area contributed by atoms with Gasteiger partial charge in [-0.3, -0.25) is 0 Å². The molecule has 0 fully saturated rings. The molecule has 1 heterocycles. The molecule has 66 valence electrons. The molecule has 0 amide bonds. The molecule has 12 heavy (non-hydrogen) atoms. The fourth-order valence-corrected chi connectivity index (χ4v) is 1.06. The van der Waals surface area contributed by atoms with Gasteiger partial charge >= 0.3 is 0 Å². The smallest absolute Gasteiger partial charge is 0.198 e. The molecule has 3 N–H and O–H groups in total. The molecular weight excluding hydrogens is 172 g/mol. The number of H-pyrrole nitrogens is 1. The van der Waals surface area contributed by atoms with Crippen LogP contribution >= 0.6 is 12.2 Å². The van der Waals surface area contributed by atoms with Crippen molar-refractivity contribution in [3.8, 4) is 0 Å². The van der Waals surface area contributed by atoms with E-state index in [4.69, 9.17) is 18.0 Å². The lowest BCUT2D eigenvalue weighted by atomic mass is 10.4. The van der Waals surface area contributed by atoms with Crippen molar-refractivity contribution in [2.45, 2.75) is 6.54 Å². The molecule has 0 aliphatic rings. The van der Waals surface area contributed by atoms with Gasteiger partial charge in [-0.2, -0.15) is 0 Å². The Morgan fingerprint density at radius 2 is 2.33 bits per heavy atom. The standard InChI is InChI=1S/C7H12N4S/c1-11(2)6-3-5(4-8)9-7(12)10-6/h3H,4,8H2,1-2H3,(H,9,10,12). The summed E-state index contributed by atoms with van der Waals surface area (Å²) in [5.41, 5.74) is 6.37. The minimum atomic E-state index is 0.451. The van der Waals surface area contributed by atoms with Crippen molar-refractivity contribution < 1.29 is 0 Å². The normalized spacial score (nSPS) is 9.92. The van der Waals surface area contributed by atoms with Crippen LogP contribution < -0.4 is 10.6 Å². The van der Waals surface area contributed by atoms with Gasteiger partial charge in [0.1, 0.15) is 5.82 Å². The molecule has 0 unspecified atom stereocenters. The number of rotatable bonds is 2. The first-order valence-corrected chi connectivity index (χ1v) is 4.02. The van der Waals surface area contributed by atoms with Crippen LogP contribution in [-0.4, -0.2) is 24.1 Å². The average molecular weight is 184 g/mol. The zero-order chi connectivity index (χ0) is 9.14. The van der Waals surface area contributed by atoms with Crippen LogP contribution in [0.15, 0.2) is 6.07 Å². The summed E-state index contributed by atoms with van der Waals surface area (Å²) in [5.74, 6) is 0.833. The zero-order valence-electron chi connectivity index (χ0n) is 7.16. The van der Waals surface area contributed by atoms with Crippen LogP contribution in [0, 0.1) is 4.77 Å². The Morgan fingerprint density at radius 1 is 1.67 bits per heavy atom. The summed E-state index contributed by atoms with van der Waals surface area (Å²) in [4.78, 5) is 8.91. The number of hydrogen-bond donors (Lipinski definition) is 2. The summed E-state index contributed by atoms with van der Waals surface area (Å²) in [7, 11) is 3.83. The summed E-state index contributed by atoms with van der Waals surface area (Å²) in [5, 5.41) is 0. The molecule has 0 aliphatic heterocycles. The maximum atomic E-state index is 5.46. The summed E-state index contributed by atoms with van der Waals surface area (Å²) < 4.78 is 0.474. The molecule has 0 spiro atoms. The van der Waals surface area contributed by atoms with Crippen LogP contribution in [0.4, 0.5) is 5.82 Å². The van der Waals surface area contributed by atoms with Crippen LogP contribution in [0.2, 0.25) is 0 Å². The molecule has 0 saturated heterocycles. The Morgan fingerprint density at radius 3 is 2.83 bits per heavy atom. The van der Waals surface area contributed by atoms with E-state index < -0.39 is 0 Å². The van der Waals surface area contributed by atoms with Gasteiger partial charge in [0, 0.05) is 32.4 Å². The molecule has 1 rings (SSSR count). The van der Waals surface area contributed by atoms with Gasteiger partial charge < -0.3 is 15.6 Å². The lowest BCUT2D eigenvalue weighted by Gasteiger charge is -2.11. The van der Waals surface area contributed by atoms with Crippen molar-refractivity contribution in [2.75, 3.05) is 19.0 Å². The van der Waals surface area contributed by atoms with Gasteiger partial charge in [0.15, 0.2) is 4.77 Å². The Bertz CT molecular complexity index is 317. The predicted molar refractivity (Wildman–Crippen MR) is 51.6 cm³/mol. The van der Waals surface area contributed by atoms with E-state index in [1.165, 1.54) is 0 Å². The minimum Gasteiger partial charge on any atom is -0.363 e. The van der Waals surface area contributed by atoms with Crippen molar-refractivity contribution in [1.29, 1.82) is 0 Å². The number of nitrogens with one attached hydrogen (secondary N) is 1. The summed E-state index contributed by atoms with van der Waals surface area (Å²) in [6.07, 6.45) is 0. The molecular formula is C7H12N4S. The molecule has 1 aromatic heterocycles. The number of nitrogens with two attached hydrogens (primary N) is 1. The van der Waals surface area contributed by atoms with Crippen LogP contribution in [0.5, 0.6) is 0 Å². The lowest BCUT2D eigenvalue weighted by Crippen LogP contribution is -2.12. The SMILES string of the molecule is CN(C)c1cc(CN)[nH]c(=S)n1. The summed E-state index contributed by atoms with van der Waals surface area (Å²) in [6.45, 7) is 0.451. The second-order valence-electron chi connectivity index (χ2n) is 2.67.